The van der Waals surface area contributed by atoms with Crippen LogP contribution in [0.25, 0.3) is 5.57 Å². The molecule has 31 heavy (non-hydrogen) atoms. The fourth-order valence-electron chi connectivity index (χ4n) is 2.75. The second kappa shape index (κ2) is 9.18. The number of halogens is 3. The molecular weight excluding hydrogens is 425 g/mol. The highest BCUT2D eigenvalue weighted by atomic mass is 32.2. The maximum Gasteiger partial charge on any atom is 0.417 e. The molecule has 0 radical (unpaired) electrons. The number of hydrogen-bond donors (Lipinski definition) is 1. The number of sulfonamides is 1. The first-order chi connectivity index (χ1) is 14.7. The van der Waals surface area contributed by atoms with Gasteiger partial charge in [0.05, 0.1) is 16.2 Å². The van der Waals surface area contributed by atoms with Crippen LogP contribution in [-0.2, 0) is 10.0 Å². The zero-order valence-electron chi connectivity index (χ0n) is 16.5. The Hall–Kier alpha value is -3.39. The Balaban J connectivity index is 2.08. The summed E-state index contributed by atoms with van der Waals surface area (Å²) in [6.07, 6.45) is -3.84. The lowest BCUT2D eigenvalue weighted by Gasteiger charge is -2.13. The smallest absolute Gasteiger partial charge is 0.200 e. The molecule has 0 saturated heterocycles. The molecule has 0 unspecified atom stereocenters. The molecule has 160 valence electrons. The first kappa shape index (κ1) is 22.3. The minimum atomic E-state index is -4.67. The van der Waals surface area contributed by atoms with Gasteiger partial charge in [0.1, 0.15) is 0 Å². The normalized spacial score (nSPS) is 13.2. The molecule has 0 aliphatic rings. The molecule has 0 saturated carbocycles. The number of hydrogen-bond acceptors (Lipinski definition) is 3. The largest absolute Gasteiger partial charge is 0.417 e. The highest BCUT2D eigenvalue weighted by Gasteiger charge is 2.35. The van der Waals surface area contributed by atoms with Crippen molar-refractivity contribution in [2.24, 2.45) is 5.10 Å². The third-order valence-corrected chi connectivity index (χ3v) is 5.58. The second-order valence-electron chi connectivity index (χ2n) is 6.69. The summed E-state index contributed by atoms with van der Waals surface area (Å²) in [7, 11) is -4.06. The van der Waals surface area contributed by atoms with Gasteiger partial charge in [0.15, 0.2) is 0 Å². The zero-order valence-corrected chi connectivity index (χ0v) is 17.3. The van der Waals surface area contributed by atoms with E-state index in [2.05, 4.69) is 5.10 Å². The van der Waals surface area contributed by atoms with Crippen LogP contribution in [0.5, 0.6) is 0 Å². The van der Waals surface area contributed by atoms with Gasteiger partial charge in [-0.25, -0.2) is 0 Å². The topological polar surface area (TPSA) is 58.5 Å². The van der Waals surface area contributed by atoms with Crippen molar-refractivity contribution in [2.75, 3.05) is 0 Å². The van der Waals surface area contributed by atoms with Gasteiger partial charge in [-0.05, 0) is 30.7 Å². The van der Waals surface area contributed by atoms with Crippen LogP contribution in [0.1, 0.15) is 16.7 Å². The highest BCUT2D eigenvalue weighted by molar-refractivity contribution is 7.89. The fraction of sp³-hybridized carbons (Fsp3) is 0.0870. The molecule has 4 nitrogen and oxygen atoms in total. The molecule has 0 amide bonds. The van der Waals surface area contributed by atoms with Gasteiger partial charge in [0.2, 0.25) is 0 Å². The average molecular weight is 444 g/mol. The van der Waals surface area contributed by atoms with Crippen molar-refractivity contribution in [3.05, 3.63) is 108 Å². The van der Waals surface area contributed by atoms with Crippen molar-refractivity contribution < 1.29 is 21.6 Å². The molecule has 1 N–H and O–H groups in total. The SMILES string of the molecule is Cc1ccc(S(=O)(=O)N/N=C(/C=C(/c2ccccc2)C(F)(F)F)c2ccccc2)cc1. The van der Waals surface area contributed by atoms with Gasteiger partial charge in [-0.1, -0.05) is 78.4 Å². The molecule has 0 atom stereocenters. The van der Waals surface area contributed by atoms with Crippen molar-refractivity contribution in [3.8, 4) is 0 Å². The monoisotopic (exact) mass is 444 g/mol. The Labute approximate surface area is 178 Å². The average Bonchev–Trinajstić information content (AvgIpc) is 2.74. The van der Waals surface area contributed by atoms with Crippen LogP contribution in [0.3, 0.4) is 0 Å². The number of benzene rings is 3. The summed E-state index contributed by atoms with van der Waals surface area (Å²) in [5, 5.41) is 3.85. The maximum absolute atomic E-state index is 13.8. The van der Waals surface area contributed by atoms with E-state index in [0.717, 1.165) is 11.6 Å². The van der Waals surface area contributed by atoms with Gasteiger partial charge in [-0.15, -0.1) is 0 Å². The number of aryl methyl sites for hydroxylation is 1. The van der Waals surface area contributed by atoms with Crippen molar-refractivity contribution in [1.82, 2.24) is 4.83 Å². The second-order valence-corrected chi connectivity index (χ2v) is 8.35. The molecule has 0 spiro atoms. The van der Waals surface area contributed by atoms with E-state index in [-0.39, 0.29) is 16.2 Å². The Kier molecular flexibility index (Phi) is 6.60. The summed E-state index contributed by atoms with van der Waals surface area (Å²) in [5.41, 5.74) is 0.0255. The number of nitrogens with zero attached hydrogens (tertiary/aromatic N) is 1. The molecule has 0 bridgehead atoms. The molecule has 0 aliphatic carbocycles. The first-order valence-corrected chi connectivity index (χ1v) is 10.7. The van der Waals surface area contributed by atoms with Crippen molar-refractivity contribution in [1.29, 1.82) is 0 Å². The Bertz CT molecular complexity index is 1190. The van der Waals surface area contributed by atoms with Gasteiger partial charge in [0.25, 0.3) is 10.0 Å². The Morgan fingerprint density at radius 3 is 1.87 bits per heavy atom. The molecule has 3 rings (SSSR count). The van der Waals surface area contributed by atoms with Crippen molar-refractivity contribution >= 4 is 21.3 Å². The molecule has 3 aromatic carbocycles. The summed E-state index contributed by atoms with van der Waals surface area (Å²) in [6, 6.07) is 21.4. The fourth-order valence-corrected chi connectivity index (χ4v) is 3.57. The van der Waals surface area contributed by atoms with E-state index in [1.54, 1.807) is 48.5 Å². The molecule has 0 aliphatic heterocycles. The summed E-state index contributed by atoms with van der Waals surface area (Å²) >= 11 is 0. The van der Waals surface area contributed by atoms with Crippen molar-refractivity contribution in [2.45, 2.75) is 18.0 Å². The van der Waals surface area contributed by atoms with Gasteiger partial charge in [0, 0.05) is 5.56 Å². The predicted molar refractivity (Wildman–Crippen MR) is 115 cm³/mol. The lowest BCUT2D eigenvalue weighted by molar-refractivity contribution is -0.0688. The van der Waals surface area contributed by atoms with Gasteiger partial charge in [-0.3, -0.25) is 0 Å². The van der Waals surface area contributed by atoms with E-state index in [1.165, 1.54) is 36.4 Å². The maximum atomic E-state index is 13.8. The summed E-state index contributed by atoms with van der Waals surface area (Å²) < 4.78 is 66.5. The quantitative estimate of drug-likeness (QED) is 0.413. The Morgan fingerprint density at radius 1 is 0.839 bits per heavy atom. The van der Waals surface area contributed by atoms with Gasteiger partial charge >= 0.3 is 6.18 Å². The number of hydrazone groups is 1. The standard InChI is InChI=1S/C23H19F3N2O2S/c1-17-12-14-20(15-13-17)31(29,30)28-27-22(19-10-6-3-7-11-19)16-21(23(24,25)26)18-8-4-2-5-9-18/h2-16,28H,1H3/b21-16-,27-22-. The van der Waals surface area contributed by atoms with Crippen molar-refractivity contribution in [3.63, 3.8) is 0 Å². The summed E-state index contributed by atoms with van der Waals surface area (Å²) in [4.78, 5) is 2.01. The predicted octanol–water partition coefficient (Wildman–Crippen LogP) is 5.32. The molecule has 0 aromatic heterocycles. The van der Waals surface area contributed by atoms with E-state index in [4.69, 9.17) is 0 Å². The number of allylic oxidation sites excluding steroid dienone is 2. The van der Waals surface area contributed by atoms with E-state index < -0.39 is 21.8 Å². The Morgan fingerprint density at radius 2 is 1.35 bits per heavy atom. The highest BCUT2D eigenvalue weighted by Crippen LogP contribution is 2.34. The van der Waals surface area contributed by atoms with Crippen LogP contribution >= 0.6 is 0 Å². The van der Waals surface area contributed by atoms with Crippen LogP contribution in [0.4, 0.5) is 13.2 Å². The molecule has 8 heteroatoms. The third kappa shape index (κ3) is 5.82. The number of rotatable bonds is 6. The van der Waals surface area contributed by atoms with E-state index in [9.17, 15) is 21.6 Å². The number of alkyl halides is 3. The van der Waals surface area contributed by atoms with E-state index >= 15 is 0 Å². The van der Waals surface area contributed by atoms with Gasteiger partial charge < -0.3 is 0 Å². The zero-order chi connectivity index (χ0) is 22.5. The molecule has 3 aromatic rings. The number of nitrogens with one attached hydrogen (secondary N) is 1. The molecular formula is C23H19F3N2O2S. The lowest BCUT2D eigenvalue weighted by Crippen LogP contribution is -2.21. The minimum absolute atomic E-state index is 0.0441. The molecule has 0 fully saturated rings. The first-order valence-electron chi connectivity index (χ1n) is 9.23. The van der Waals surface area contributed by atoms with Crippen LogP contribution < -0.4 is 4.83 Å². The molecule has 0 heterocycles. The van der Waals surface area contributed by atoms with Gasteiger partial charge in [-0.2, -0.15) is 31.5 Å². The third-order valence-electron chi connectivity index (χ3n) is 4.36. The van der Waals surface area contributed by atoms with Crippen LogP contribution in [0, 0.1) is 6.92 Å². The summed E-state index contributed by atoms with van der Waals surface area (Å²) in [5.74, 6) is 0. The summed E-state index contributed by atoms with van der Waals surface area (Å²) in [6.45, 7) is 1.81. The van der Waals surface area contributed by atoms with Crippen LogP contribution in [-0.4, -0.2) is 20.3 Å². The minimum Gasteiger partial charge on any atom is -0.200 e. The van der Waals surface area contributed by atoms with E-state index in [1.807, 2.05) is 11.8 Å². The van der Waals surface area contributed by atoms with Crippen LogP contribution in [0.2, 0.25) is 0 Å². The van der Waals surface area contributed by atoms with Crippen LogP contribution in [0.15, 0.2) is 101 Å². The lowest BCUT2D eigenvalue weighted by atomic mass is 10.0. The van der Waals surface area contributed by atoms with E-state index in [0.29, 0.717) is 5.56 Å².